The van der Waals surface area contributed by atoms with E-state index in [0.717, 1.165) is 38.2 Å². The fourth-order valence-corrected chi connectivity index (χ4v) is 3.37. The highest BCUT2D eigenvalue weighted by Crippen LogP contribution is 2.27. The lowest BCUT2D eigenvalue weighted by atomic mass is 10.0. The van der Waals surface area contributed by atoms with Crippen LogP contribution in [0, 0.1) is 0 Å². The van der Waals surface area contributed by atoms with Gasteiger partial charge in [0.1, 0.15) is 0 Å². The highest BCUT2D eigenvalue weighted by atomic mass is 35.5. The summed E-state index contributed by atoms with van der Waals surface area (Å²) in [6.45, 7) is 8.41. The summed E-state index contributed by atoms with van der Waals surface area (Å²) in [7, 11) is 0. The largest absolute Gasteiger partial charge is 0.368 e. The van der Waals surface area contributed by atoms with Gasteiger partial charge in [-0.2, -0.15) is 0 Å². The number of benzene rings is 1. The number of hydrogen-bond donors (Lipinski definition) is 1. The zero-order chi connectivity index (χ0) is 16.7. The summed E-state index contributed by atoms with van der Waals surface area (Å²) >= 11 is 12.7. The van der Waals surface area contributed by atoms with E-state index in [4.69, 9.17) is 23.2 Å². The SMILES string of the molecule is C=C/C(Cl)=C(\C(Cl)=C/C)N1CCNC(Cc2ccccc2)CC1. The quantitative estimate of drug-likeness (QED) is 0.776. The molecule has 2 rings (SSSR count). The molecule has 1 fully saturated rings. The van der Waals surface area contributed by atoms with Gasteiger partial charge in [-0.25, -0.2) is 0 Å². The second-order valence-corrected chi connectivity index (χ2v) is 6.47. The van der Waals surface area contributed by atoms with Crippen molar-refractivity contribution < 1.29 is 0 Å². The zero-order valence-electron chi connectivity index (χ0n) is 13.6. The van der Waals surface area contributed by atoms with Gasteiger partial charge in [-0.3, -0.25) is 0 Å². The van der Waals surface area contributed by atoms with E-state index >= 15 is 0 Å². The third kappa shape index (κ3) is 5.13. The van der Waals surface area contributed by atoms with E-state index in [1.165, 1.54) is 5.56 Å². The molecular weight excluding hydrogens is 327 g/mol. The summed E-state index contributed by atoms with van der Waals surface area (Å²) in [5.74, 6) is 0. The molecule has 0 spiro atoms. The van der Waals surface area contributed by atoms with Gasteiger partial charge < -0.3 is 10.2 Å². The molecule has 1 heterocycles. The number of rotatable bonds is 5. The Hall–Kier alpha value is -1.22. The maximum absolute atomic E-state index is 6.37. The molecule has 0 saturated carbocycles. The number of allylic oxidation sites excluding steroid dienone is 4. The van der Waals surface area contributed by atoms with Crippen LogP contribution in [0.5, 0.6) is 0 Å². The smallest absolute Gasteiger partial charge is 0.0741 e. The summed E-state index contributed by atoms with van der Waals surface area (Å²) in [6.07, 6.45) is 5.62. The molecule has 23 heavy (non-hydrogen) atoms. The molecule has 1 aliphatic rings. The standard InChI is InChI=1S/C19H24Cl2N2/c1-3-17(20)19(18(21)4-2)23-12-10-16(22-11-13-23)14-15-8-6-5-7-9-15/h3-9,16,22H,1,10-14H2,2H3/b18-4+,19-17-. The number of halogens is 2. The molecule has 1 aromatic rings. The first-order valence-electron chi connectivity index (χ1n) is 8.02. The maximum atomic E-state index is 6.37. The normalized spacial score (nSPS) is 20.7. The lowest BCUT2D eigenvalue weighted by Gasteiger charge is -2.26. The Balaban J connectivity index is 2.06. The van der Waals surface area contributed by atoms with Crippen molar-refractivity contribution in [2.75, 3.05) is 19.6 Å². The Labute approximate surface area is 149 Å². The minimum atomic E-state index is 0.468. The minimum Gasteiger partial charge on any atom is -0.368 e. The van der Waals surface area contributed by atoms with Gasteiger partial charge in [0.05, 0.1) is 15.8 Å². The Morgan fingerprint density at radius 3 is 2.70 bits per heavy atom. The Bertz CT molecular complexity index is 578. The monoisotopic (exact) mass is 350 g/mol. The molecule has 0 radical (unpaired) electrons. The second kappa shape index (κ2) is 9.17. The predicted octanol–water partition coefficient (Wildman–Crippen LogP) is 4.67. The Morgan fingerprint density at radius 1 is 1.30 bits per heavy atom. The second-order valence-electron chi connectivity index (χ2n) is 5.65. The molecule has 1 saturated heterocycles. The van der Waals surface area contributed by atoms with Crippen LogP contribution in [0.2, 0.25) is 0 Å². The summed E-state index contributed by atoms with van der Waals surface area (Å²) in [4.78, 5) is 2.25. The van der Waals surface area contributed by atoms with Crippen LogP contribution in [0.3, 0.4) is 0 Å². The lowest BCUT2D eigenvalue weighted by molar-refractivity contribution is 0.372. The van der Waals surface area contributed by atoms with Crippen molar-refractivity contribution in [1.29, 1.82) is 0 Å². The van der Waals surface area contributed by atoms with E-state index in [-0.39, 0.29) is 0 Å². The Morgan fingerprint density at radius 2 is 2.04 bits per heavy atom. The molecule has 1 aromatic carbocycles. The number of hydrogen-bond acceptors (Lipinski definition) is 2. The zero-order valence-corrected chi connectivity index (χ0v) is 15.1. The molecule has 2 nitrogen and oxygen atoms in total. The van der Waals surface area contributed by atoms with Crippen LogP contribution >= 0.6 is 23.2 Å². The van der Waals surface area contributed by atoms with Crippen molar-refractivity contribution in [3.8, 4) is 0 Å². The molecular formula is C19H24Cl2N2. The highest BCUT2D eigenvalue weighted by Gasteiger charge is 2.21. The number of nitrogens with zero attached hydrogens (tertiary/aromatic N) is 1. The summed E-state index contributed by atoms with van der Waals surface area (Å²) in [6, 6.07) is 11.1. The van der Waals surface area contributed by atoms with E-state index in [9.17, 15) is 0 Å². The van der Waals surface area contributed by atoms with Crippen molar-refractivity contribution in [2.24, 2.45) is 0 Å². The minimum absolute atomic E-state index is 0.468. The third-order valence-electron chi connectivity index (χ3n) is 4.09. The molecule has 0 aromatic heterocycles. The van der Waals surface area contributed by atoms with E-state index in [1.54, 1.807) is 6.08 Å². The fraction of sp³-hybridized carbons (Fsp3) is 0.368. The van der Waals surface area contributed by atoms with E-state index in [2.05, 4.69) is 47.1 Å². The van der Waals surface area contributed by atoms with Gasteiger partial charge in [0.25, 0.3) is 0 Å². The summed E-state index contributed by atoms with van der Waals surface area (Å²) in [5.41, 5.74) is 2.25. The maximum Gasteiger partial charge on any atom is 0.0741 e. The van der Waals surface area contributed by atoms with Gasteiger partial charge in [0, 0.05) is 25.7 Å². The molecule has 0 bridgehead atoms. The van der Waals surface area contributed by atoms with E-state index in [0.29, 0.717) is 16.1 Å². The van der Waals surface area contributed by atoms with Crippen molar-refractivity contribution >= 4 is 23.2 Å². The molecule has 124 valence electrons. The van der Waals surface area contributed by atoms with Gasteiger partial charge in [0.2, 0.25) is 0 Å². The summed E-state index contributed by atoms with van der Waals surface area (Å²) in [5, 5.41) is 4.92. The average Bonchev–Trinajstić information content (AvgIpc) is 2.81. The molecule has 0 amide bonds. The van der Waals surface area contributed by atoms with Crippen molar-refractivity contribution in [1.82, 2.24) is 10.2 Å². The van der Waals surface area contributed by atoms with Crippen LogP contribution in [0.25, 0.3) is 0 Å². The summed E-state index contributed by atoms with van der Waals surface area (Å²) < 4.78 is 0. The van der Waals surface area contributed by atoms with Gasteiger partial charge in [-0.05, 0) is 31.4 Å². The highest BCUT2D eigenvalue weighted by molar-refractivity contribution is 6.36. The van der Waals surface area contributed by atoms with Crippen molar-refractivity contribution in [3.63, 3.8) is 0 Å². The molecule has 0 aliphatic carbocycles. The van der Waals surface area contributed by atoms with Crippen molar-refractivity contribution in [2.45, 2.75) is 25.8 Å². The molecule has 1 unspecified atom stereocenters. The van der Waals surface area contributed by atoms with Crippen LogP contribution in [-0.2, 0) is 6.42 Å². The van der Waals surface area contributed by atoms with E-state index < -0.39 is 0 Å². The van der Waals surface area contributed by atoms with Crippen LogP contribution in [0.1, 0.15) is 18.9 Å². The van der Waals surface area contributed by atoms with Gasteiger partial charge in [0.15, 0.2) is 0 Å². The predicted molar refractivity (Wildman–Crippen MR) is 101 cm³/mol. The van der Waals surface area contributed by atoms with Gasteiger partial charge in [-0.15, -0.1) is 0 Å². The lowest BCUT2D eigenvalue weighted by Crippen LogP contribution is -2.32. The number of nitrogens with one attached hydrogen (secondary N) is 1. The van der Waals surface area contributed by atoms with Gasteiger partial charge >= 0.3 is 0 Å². The first-order valence-corrected chi connectivity index (χ1v) is 8.78. The fourth-order valence-electron chi connectivity index (χ4n) is 2.88. The first-order chi connectivity index (χ1) is 11.2. The van der Waals surface area contributed by atoms with Gasteiger partial charge in [-0.1, -0.05) is 66.2 Å². The van der Waals surface area contributed by atoms with Crippen LogP contribution in [0.15, 0.2) is 64.8 Å². The topological polar surface area (TPSA) is 15.3 Å². The van der Waals surface area contributed by atoms with Crippen LogP contribution < -0.4 is 5.32 Å². The van der Waals surface area contributed by atoms with Crippen molar-refractivity contribution in [3.05, 3.63) is 70.4 Å². The molecule has 1 atom stereocenters. The average molecular weight is 351 g/mol. The molecule has 4 heteroatoms. The van der Waals surface area contributed by atoms with Crippen LogP contribution in [-0.4, -0.2) is 30.6 Å². The first kappa shape index (κ1) is 18.1. The Kier molecular flexibility index (Phi) is 7.22. The molecule has 1 N–H and O–H groups in total. The van der Waals surface area contributed by atoms with Crippen LogP contribution in [0.4, 0.5) is 0 Å². The van der Waals surface area contributed by atoms with E-state index in [1.807, 2.05) is 13.0 Å². The third-order valence-corrected chi connectivity index (χ3v) is 4.82. The molecule has 1 aliphatic heterocycles.